The fourth-order valence-corrected chi connectivity index (χ4v) is 3.94. The highest BCUT2D eigenvalue weighted by molar-refractivity contribution is 7.99. The second kappa shape index (κ2) is 9.56. The van der Waals surface area contributed by atoms with Crippen molar-refractivity contribution in [3.05, 3.63) is 53.0 Å². The van der Waals surface area contributed by atoms with Crippen LogP contribution in [0.2, 0.25) is 0 Å². The molecular weight excluding hydrogens is 377 g/mol. The maximum absolute atomic E-state index is 13.5. The molecule has 7 heteroatoms. The molecule has 0 atom stereocenters. The van der Waals surface area contributed by atoms with Crippen LogP contribution in [0.4, 0.5) is 4.39 Å². The average Bonchev–Trinajstić information content (AvgIpc) is 2.72. The highest BCUT2D eigenvalue weighted by Crippen LogP contribution is 2.27. The van der Waals surface area contributed by atoms with Gasteiger partial charge in [0.25, 0.3) is 0 Å². The topological polar surface area (TPSA) is 66.2 Å². The van der Waals surface area contributed by atoms with Gasteiger partial charge in [0.2, 0.25) is 5.91 Å². The number of nitrogens with zero attached hydrogens (tertiary/aromatic N) is 3. The lowest BCUT2D eigenvalue weighted by Crippen LogP contribution is -2.32. The van der Waals surface area contributed by atoms with Crippen molar-refractivity contribution in [3.63, 3.8) is 0 Å². The average molecular weight is 399 g/mol. The van der Waals surface area contributed by atoms with E-state index in [-0.39, 0.29) is 24.0 Å². The van der Waals surface area contributed by atoms with Crippen LogP contribution in [0.3, 0.4) is 0 Å². The Bertz CT molecular complexity index is 898. The van der Waals surface area contributed by atoms with E-state index in [1.54, 1.807) is 25.2 Å². The molecule has 1 aromatic carbocycles. The number of fused-ring (bicyclic) bond motifs is 1. The Morgan fingerprint density at radius 3 is 2.93 bits per heavy atom. The number of aromatic nitrogens is 1. The van der Waals surface area contributed by atoms with Gasteiger partial charge in [-0.3, -0.25) is 4.79 Å². The number of likely N-dealkylation sites (N-methyl/N-ethyl adjacent to an activating group) is 1. The van der Waals surface area contributed by atoms with E-state index in [1.165, 1.54) is 22.7 Å². The number of hydrogen-bond donors (Lipinski definition) is 0. The van der Waals surface area contributed by atoms with Gasteiger partial charge >= 0.3 is 0 Å². The molecule has 1 aliphatic rings. The van der Waals surface area contributed by atoms with E-state index in [0.717, 1.165) is 36.9 Å². The smallest absolute Gasteiger partial charge is 0.232 e. The van der Waals surface area contributed by atoms with Crippen LogP contribution >= 0.6 is 11.8 Å². The lowest BCUT2D eigenvalue weighted by Gasteiger charge is -2.18. The Balaban J connectivity index is 1.52. The summed E-state index contributed by atoms with van der Waals surface area (Å²) in [4.78, 5) is 18.5. The van der Waals surface area contributed by atoms with Gasteiger partial charge in [-0.1, -0.05) is 23.9 Å². The number of para-hydroxylation sites is 1. The Morgan fingerprint density at radius 1 is 1.36 bits per heavy atom. The molecule has 0 aliphatic heterocycles. The zero-order valence-corrected chi connectivity index (χ0v) is 16.6. The van der Waals surface area contributed by atoms with Crippen LogP contribution in [0.15, 0.2) is 35.4 Å². The molecule has 1 heterocycles. The summed E-state index contributed by atoms with van der Waals surface area (Å²) in [6, 6.07) is 10.3. The first-order valence-electron chi connectivity index (χ1n) is 9.25. The van der Waals surface area contributed by atoms with Gasteiger partial charge < -0.3 is 9.64 Å². The SMILES string of the molecule is CN(CCOc1ccccc1F)C(=O)CSc1nc2c(cc1C#N)CCCC2. The second-order valence-corrected chi connectivity index (χ2v) is 7.61. The van der Waals surface area contributed by atoms with Crippen molar-refractivity contribution in [1.82, 2.24) is 9.88 Å². The zero-order valence-electron chi connectivity index (χ0n) is 15.8. The normalized spacial score (nSPS) is 12.8. The predicted molar refractivity (Wildman–Crippen MR) is 106 cm³/mol. The fraction of sp³-hybridized carbons (Fsp3) is 0.381. The zero-order chi connectivity index (χ0) is 19.9. The summed E-state index contributed by atoms with van der Waals surface area (Å²) in [5.74, 6) is -0.147. The van der Waals surface area contributed by atoms with Crippen molar-refractivity contribution in [2.75, 3.05) is 26.0 Å². The number of amides is 1. The molecule has 1 aliphatic carbocycles. The minimum Gasteiger partial charge on any atom is -0.489 e. The molecule has 2 aromatic rings. The van der Waals surface area contributed by atoms with E-state index < -0.39 is 5.82 Å². The maximum atomic E-state index is 13.5. The molecule has 0 N–H and O–H groups in total. The van der Waals surface area contributed by atoms with Crippen LogP contribution in [0.1, 0.15) is 29.7 Å². The van der Waals surface area contributed by atoms with Gasteiger partial charge in [0.15, 0.2) is 11.6 Å². The van der Waals surface area contributed by atoms with Crippen LogP contribution in [-0.4, -0.2) is 41.7 Å². The lowest BCUT2D eigenvalue weighted by atomic mass is 9.95. The largest absolute Gasteiger partial charge is 0.489 e. The number of benzene rings is 1. The Labute approximate surface area is 168 Å². The summed E-state index contributed by atoms with van der Waals surface area (Å²) >= 11 is 1.29. The summed E-state index contributed by atoms with van der Waals surface area (Å²) in [6.45, 7) is 0.546. The number of carbonyl (C=O) groups excluding carboxylic acids is 1. The number of aryl methyl sites for hydroxylation is 2. The third-order valence-corrected chi connectivity index (χ3v) is 5.64. The summed E-state index contributed by atoms with van der Waals surface area (Å²) in [5.41, 5.74) is 2.73. The number of rotatable bonds is 7. The molecule has 3 rings (SSSR count). The van der Waals surface area contributed by atoms with Gasteiger partial charge in [0, 0.05) is 12.7 Å². The first-order chi connectivity index (χ1) is 13.6. The number of hydrogen-bond acceptors (Lipinski definition) is 5. The van der Waals surface area contributed by atoms with E-state index in [4.69, 9.17) is 4.74 Å². The second-order valence-electron chi connectivity index (χ2n) is 6.65. The summed E-state index contributed by atoms with van der Waals surface area (Å²) in [5, 5.41) is 10.0. The number of pyridine rings is 1. The highest BCUT2D eigenvalue weighted by atomic mass is 32.2. The van der Waals surface area contributed by atoms with Crippen LogP contribution in [0.25, 0.3) is 0 Å². The minimum atomic E-state index is -0.422. The third-order valence-electron chi connectivity index (χ3n) is 4.67. The van der Waals surface area contributed by atoms with Crippen molar-refractivity contribution in [2.45, 2.75) is 30.7 Å². The fourth-order valence-electron chi connectivity index (χ4n) is 3.02. The molecule has 146 valence electrons. The molecule has 1 aromatic heterocycles. The first kappa shape index (κ1) is 20.2. The van der Waals surface area contributed by atoms with Gasteiger partial charge in [-0.25, -0.2) is 9.37 Å². The Morgan fingerprint density at radius 2 is 2.14 bits per heavy atom. The van der Waals surface area contributed by atoms with Crippen molar-refractivity contribution >= 4 is 17.7 Å². The molecule has 0 unspecified atom stereocenters. The van der Waals surface area contributed by atoms with Crippen LogP contribution in [-0.2, 0) is 17.6 Å². The first-order valence-corrected chi connectivity index (χ1v) is 10.2. The Hall–Kier alpha value is -2.59. The molecule has 1 amide bonds. The van der Waals surface area contributed by atoms with Crippen LogP contribution < -0.4 is 4.74 Å². The van der Waals surface area contributed by atoms with Gasteiger partial charge in [-0.05, 0) is 49.4 Å². The van der Waals surface area contributed by atoms with Gasteiger partial charge in [0.05, 0.1) is 17.9 Å². The molecule has 0 saturated heterocycles. The van der Waals surface area contributed by atoms with Gasteiger partial charge in [0.1, 0.15) is 17.7 Å². The number of halogens is 1. The lowest BCUT2D eigenvalue weighted by molar-refractivity contribution is -0.127. The summed E-state index contributed by atoms with van der Waals surface area (Å²) in [6.07, 6.45) is 4.13. The van der Waals surface area contributed by atoms with Crippen LogP contribution in [0, 0.1) is 17.1 Å². The maximum Gasteiger partial charge on any atom is 0.232 e. The van der Waals surface area contributed by atoms with E-state index >= 15 is 0 Å². The van der Waals surface area contributed by atoms with Crippen molar-refractivity contribution < 1.29 is 13.9 Å². The van der Waals surface area contributed by atoms with Gasteiger partial charge in [-0.2, -0.15) is 5.26 Å². The number of nitriles is 1. The summed E-state index contributed by atoms with van der Waals surface area (Å²) < 4.78 is 18.9. The molecule has 0 saturated carbocycles. The molecule has 5 nitrogen and oxygen atoms in total. The summed E-state index contributed by atoms with van der Waals surface area (Å²) in [7, 11) is 1.68. The quantitative estimate of drug-likeness (QED) is 0.666. The van der Waals surface area contributed by atoms with Crippen molar-refractivity contribution in [1.29, 1.82) is 5.26 Å². The standard InChI is InChI=1S/C21H22FN3O2S/c1-25(10-11-27-19-9-5-3-7-17(19)22)20(26)14-28-21-16(13-23)12-15-6-2-4-8-18(15)24-21/h3,5,7,9,12H,2,4,6,8,10-11,14H2,1H3. The van der Waals surface area contributed by atoms with E-state index in [9.17, 15) is 14.4 Å². The number of carbonyl (C=O) groups is 1. The molecule has 0 spiro atoms. The van der Waals surface area contributed by atoms with Gasteiger partial charge in [-0.15, -0.1) is 0 Å². The van der Waals surface area contributed by atoms with Crippen molar-refractivity contribution in [2.24, 2.45) is 0 Å². The van der Waals surface area contributed by atoms with E-state index in [1.807, 2.05) is 6.07 Å². The van der Waals surface area contributed by atoms with E-state index in [0.29, 0.717) is 17.1 Å². The third kappa shape index (κ3) is 5.02. The predicted octanol–water partition coefficient (Wildman–Crippen LogP) is 3.60. The van der Waals surface area contributed by atoms with E-state index in [2.05, 4.69) is 11.1 Å². The number of thioether (sulfide) groups is 1. The highest BCUT2D eigenvalue weighted by Gasteiger charge is 2.17. The molecule has 0 bridgehead atoms. The molecule has 0 radical (unpaired) electrons. The Kier molecular flexibility index (Phi) is 6.88. The van der Waals surface area contributed by atoms with Crippen LogP contribution in [0.5, 0.6) is 5.75 Å². The molecule has 28 heavy (non-hydrogen) atoms. The minimum absolute atomic E-state index is 0.0921. The molecular formula is C21H22FN3O2S. The number of ether oxygens (including phenoxy) is 1. The molecule has 0 fully saturated rings. The van der Waals surface area contributed by atoms with Crippen molar-refractivity contribution in [3.8, 4) is 11.8 Å². The monoisotopic (exact) mass is 399 g/mol.